The SMILES string of the molecule is CC(C)Cc1c(C#N)c(N)nc2cc(O)ccc12. The Kier molecular flexibility index (Phi) is 3.07. The van der Waals surface area contributed by atoms with Gasteiger partial charge in [0, 0.05) is 11.5 Å². The molecule has 0 aliphatic heterocycles. The molecule has 0 saturated heterocycles. The molecule has 1 aromatic carbocycles. The van der Waals surface area contributed by atoms with Gasteiger partial charge in [-0.15, -0.1) is 0 Å². The van der Waals surface area contributed by atoms with Crippen LogP contribution in [0.3, 0.4) is 0 Å². The van der Waals surface area contributed by atoms with E-state index in [4.69, 9.17) is 5.73 Å². The molecule has 92 valence electrons. The zero-order valence-corrected chi connectivity index (χ0v) is 10.4. The van der Waals surface area contributed by atoms with E-state index < -0.39 is 0 Å². The number of phenols is 1. The molecule has 0 aliphatic carbocycles. The van der Waals surface area contributed by atoms with Crippen molar-refractivity contribution in [1.82, 2.24) is 4.98 Å². The summed E-state index contributed by atoms with van der Waals surface area (Å²) in [5.74, 6) is 0.789. The van der Waals surface area contributed by atoms with Gasteiger partial charge in [-0.3, -0.25) is 0 Å². The molecule has 4 nitrogen and oxygen atoms in total. The largest absolute Gasteiger partial charge is 0.508 e. The van der Waals surface area contributed by atoms with Gasteiger partial charge >= 0.3 is 0 Å². The number of anilines is 1. The Morgan fingerprint density at radius 3 is 2.78 bits per heavy atom. The van der Waals surface area contributed by atoms with E-state index in [0.717, 1.165) is 17.4 Å². The first kappa shape index (κ1) is 12.2. The third kappa shape index (κ3) is 2.07. The summed E-state index contributed by atoms with van der Waals surface area (Å²) in [4.78, 5) is 4.17. The zero-order chi connectivity index (χ0) is 13.3. The van der Waals surface area contributed by atoms with Crippen molar-refractivity contribution in [2.45, 2.75) is 20.3 Å². The first-order chi connectivity index (χ1) is 8.52. The van der Waals surface area contributed by atoms with Gasteiger partial charge in [0.05, 0.1) is 11.1 Å². The first-order valence-corrected chi connectivity index (χ1v) is 5.84. The molecule has 4 heteroatoms. The smallest absolute Gasteiger partial charge is 0.142 e. The average molecular weight is 241 g/mol. The molecule has 0 fully saturated rings. The van der Waals surface area contributed by atoms with Crippen molar-refractivity contribution in [2.75, 3.05) is 5.73 Å². The molecule has 3 N–H and O–H groups in total. The van der Waals surface area contributed by atoms with Crippen LogP contribution in [0.15, 0.2) is 18.2 Å². The van der Waals surface area contributed by atoms with Crippen molar-refractivity contribution in [3.05, 3.63) is 29.3 Å². The molecule has 18 heavy (non-hydrogen) atoms. The summed E-state index contributed by atoms with van der Waals surface area (Å²) in [7, 11) is 0. The van der Waals surface area contributed by atoms with Crippen LogP contribution in [0, 0.1) is 17.2 Å². The van der Waals surface area contributed by atoms with Crippen molar-refractivity contribution in [3.63, 3.8) is 0 Å². The summed E-state index contributed by atoms with van der Waals surface area (Å²) in [5, 5.41) is 19.6. The summed E-state index contributed by atoms with van der Waals surface area (Å²) in [5.41, 5.74) is 7.79. The number of aromatic hydroxyl groups is 1. The molecule has 0 amide bonds. The number of hydrogen-bond acceptors (Lipinski definition) is 4. The van der Waals surface area contributed by atoms with E-state index in [1.165, 1.54) is 0 Å². The normalized spacial score (nSPS) is 10.8. The molecule has 0 spiro atoms. The Labute approximate surface area is 106 Å². The predicted molar refractivity (Wildman–Crippen MR) is 71.1 cm³/mol. The van der Waals surface area contributed by atoms with E-state index in [0.29, 0.717) is 17.0 Å². The van der Waals surface area contributed by atoms with Gasteiger partial charge in [-0.1, -0.05) is 13.8 Å². The minimum absolute atomic E-state index is 0.148. The van der Waals surface area contributed by atoms with Gasteiger partial charge in [0.2, 0.25) is 0 Å². The van der Waals surface area contributed by atoms with Crippen LogP contribution in [-0.4, -0.2) is 10.1 Å². The van der Waals surface area contributed by atoms with Crippen LogP contribution in [0.1, 0.15) is 25.0 Å². The van der Waals surface area contributed by atoms with Gasteiger partial charge in [0.25, 0.3) is 0 Å². The maximum absolute atomic E-state index is 9.47. The quantitative estimate of drug-likeness (QED) is 0.846. The van der Waals surface area contributed by atoms with Crippen LogP contribution in [0.2, 0.25) is 0 Å². The van der Waals surface area contributed by atoms with E-state index in [1.807, 2.05) is 0 Å². The second-order valence-electron chi connectivity index (χ2n) is 4.76. The van der Waals surface area contributed by atoms with Gasteiger partial charge in [-0.2, -0.15) is 5.26 Å². The fourth-order valence-electron chi connectivity index (χ4n) is 2.09. The number of fused-ring (bicyclic) bond motifs is 1. The molecule has 0 saturated carbocycles. The van der Waals surface area contributed by atoms with Crippen LogP contribution < -0.4 is 5.73 Å². The number of rotatable bonds is 2. The molecule has 2 aromatic rings. The van der Waals surface area contributed by atoms with E-state index in [1.54, 1.807) is 18.2 Å². The lowest BCUT2D eigenvalue weighted by atomic mass is 9.95. The lowest BCUT2D eigenvalue weighted by molar-refractivity contribution is 0.476. The van der Waals surface area contributed by atoms with E-state index in [2.05, 4.69) is 24.9 Å². The molecule has 1 heterocycles. The van der Waals surface area contributed by atoms with Gasteiger partial charge in [0.1, 0.15) is 17.6 Å². The molecule has 0 unspecified atom stereocenters. The minimum atomic E-state index is 0.148. The van der Waals surface area contributed by atoms with Crippen molar-refractivity contribution >= 4 is 16.7 Å². The Balaban J connectivity index is 2.80. The zero-order valence-electron chi connectivity index (χ0n) is 10.4. The predicted octanol–water partition coefficient (Wildman–Crippen LogP) is 2.59. The third-order valence-corrected chi connectivity index (χ3v) is 2.83. The lowest BCUT2D eigenvalue weighted by Gasteiger charge is -2.12. The van der Waals surface area contributed by atoms with Crippen LogP contribution in [0.25, 0.3) is 10.9 Å². The Morgan fingerprint density at radius 1 is 1.44 bits per heavy atom. The molecule has 0 bridgehead atoms. The number of nitrogens with zero attached hydrogens (tertiary/aromatic N) is 2. The average Bonchev–Trinajstić information content (AvgIpc) is 2.27. The molecular formula is C14H15N3O. The van der Waals surface area contributed by atoms with E-state index >= 15 is 0 Å². The minimum Gasteiger partial charge on any atom is -0.508 e. The van der Waals surface area contributed by atoms with Crippen molar-refractivity contribution < 1.29 is 5.11 Å². The second kappa shape index (κ2) is 4.53. The highest BCUT2D eigenvalue weighted by atomic mass is 16.3. The number of aromatic nitrogens is 1. The first-order valence-electron chi connectivity index (χ1n) is 5.84. The Bertz CT molecular complexity index is 642. The molecule has 0 atom stereocenters. The maximum atomic E-state index is 9.47. The van der Waals surface area contributed by atoms with Gasteiger partial charge in [-0.05, 0) is 30.0 Å². The highest BCUT2D eigenvalue weighted by Crippen LogP contribution is 2.28. The van der Waals surface area contributed by atoms with E-state index in [-0.39, 0.29) is 11.6 Å². The molecule has 0 aliphatic rings. The fourth-order valence-corrected chi connectivity index (χ4v) is 2.09. The van der Waals surface area contributed by atoms with Crippen molar-refractivity contribution in [2.24, 2.45) is 5.92 Å². The Morgan fingerprint density at radius 2 is 2.17 bits per heavy atom. The second-order valence-corrected chi connectivity index (χ2v) is 4.76. The fraction of sp³-hybridized carbons (Fsp3) is 0.286. The molecule has 0 radical (unpaired) electrons. The van der Waals surface area contributed by atoms with Crippen LogP contribution in [0.4, 0.5) is 5.82 Å². The van der Waals surface area contributed by atoms with Crippen LogP contribution in [0.5, 0.6) is 5.75 Å². The number of pyridine rings is 1. The molecular weight excluding hydrogens is 226 g/mol. The molecule has 1 aromatic heterocycles. The van der Waals surface area contributed by atoms with Gasteiger partial charge in [0.15, 0.2) is 0 Å². The topological polar surface area (TPSA) is 82.9 Å². The highest BCUT2D eigenvalue weighted by Gasteiger charge is 2.14. The summed E-state index contributed by atoms with van der Waals surface area (Å²) < 4.78 is 0. The van der Waals surface area contributed by atoms with Crippen molar-refractivity contribution in [1.29, 1.82) is 5.26 Å². The lowest BCUT2D eigenvalue weighted by Crippen LogP contribution is -2.04. The summed E-state index contributed by atoms with van der Waals surface area (Å²) in [6, 6.07) is 7.08. The number of nitrogen functional groups attached to an aromatic ring is 1. The van der Waals surface area contributed by atoms with Gasteiger partial charge in [-0.25, -0.2) is 4.98 Å². The van der Waals surface area contributed by atoms with E-state index in [9.17, 15) is 10.4 Å². The summed E-state index contributed by atoms with van der Waals surface area (Å²) in [6.45, 7) is 4.17. The van der Waals surface area contributed by atoms with Crippen LogP contribution >= 0.6 is 0 Å². The molecule has 2 rings (SSSR count). The van der Waals surface area contributed by atoms with Gasteiger partial charge < -0.3 is 10.8 Å². The number of hydrogen-bond donors (Lipinski definition) is 2. The summed E-state index contributed by atoms with van der Waals surface area (Å²) in [6.07, 6.45) is 0.761. The van der Waals surface area contributed by atoms with Crippen LogP contribution in [-0.2, 0) is 6.42 Å². The monoisotopic (exact) mass is 241 g/mol. The standard InChI is InChI=1S/C14H15N3O/c1-8(2)5-11-10-4-3-9(18)6-13(10)17-14(16)12(11)7-15/h3-4,6,8,18H,5H2,1-2H3,(H2,16,17). The highest BCUT2D eigenvalue weighted by molar-refractivity contribution is 5.87. The number of benzene rings is 1. The maximum Gasteiger partial charge on any atom is 0.142 e. The van der Waals surface area contributed by atoms with Crippen molar-refractivity contribution in [3.8, 4) is 11.8 Å². The third-order valence-electron chi connectivity index (χ3n) is 2.83. The number of nitrogens with two attached hydrogens (primary N) is 1. The number of nitriles is 1. The Hall–Kier alpha value is -2.28. The number of phenolic OH excluding ortho intramolecular Hbond substituents is 1. The summed E-state index contributed by atoms with van der Waals surface area (Å²) >= 11 is 0.